The topological polar surface area (TPSA) is 147 Å². The Hall–Kier alpha value is -4.97. The van der Waals surface area contributed by atoms with Crippen LogP contribution in [0.1, 0.15) is 24.2 Å². The predicted octanol–water partition coefficient (Wildman–Crippen LogP) is 4.98. The first-order valence-corrected chi connectivity index (χ1v) is 11.0. The van der Waals surface area contributed by atoms with Crippen LogP contribution in [0.4, 0.5) is 21.9 Å². The van der Waals surface area contributed by atoms with Crippen LogP contribution in [0.15, 0.2) is 78.9 Å². The molecule has 0 aliphatic carbocycles. The lowest BCUT2D eigenvalue weighted by Gasteiger charge is -2.23. The summed E-state index contributed by atoms with van der Waals surface area (Å²) in [5.74, 6) is -0.728. The number of aromatic hydroxyl groups is 1. The monoisotopic (exact) mass is 486 g/mol. The van der Waals surface area contributed by atoms with Gasteiger partial charge in [0.15, 0.2) is 11.5 Å². The Morgan fingerprint density at radius 3 is 2.44 bits per heavy atom. The normalized spacial score (nSPS) is 12.2. The number of nitrogens with one attached hydrogen (secondary N) is 2. The van der Waals surface area contributed by atoms with Crippen LogP contribution >= 0.6 is 0 Å². The molecule has 0 saturated heterocycles. The fourth-order valence-corrected chi connectivity index (χ4v) is 3.38. The Kier molecular flexibility index (Phi) is 8.51. The van der Waals surface area contributed by atoms with Crippen LogP contribution in [0.5, 0.6) is 11.5 Å². The van der Waals surface area contributed by atoms with E-state index in [4.69, 9.17) is 20.5 Å². The SMILES string of the molecule is COc1ccc([C@H](OC(=O)Nc2ccc(C#N)cc2)[C@H](C)/C=C/C(=O)Nc2ccccc2N)cc1O. The first kappa shape index (κ1) is 25.6. The number of rotatable bonds is 8. The Morgan fingerprint density at radius 2 is 1.81 bits per heavy atom. The fraction of sp³-hybridized carbons (Fsp3) is 0.148. The molecule has 3 aromatic carbocycles. The number of anilines is 3. The van der Waals surface area contributed by atoms with Gasteiger partial charge in [0.25, 0.3) is 0 Å². The first-order chi connectivity index (χ1) is 17.3. The number of nitrogens with zero attached hydrogens (tertiary/aromatic N) is 1. The number of phenols is 1. The van der Waals surface area contributed by atoms with Crippen LogP contribution in [0.2, 0.25) is 0 Å². The van der Waals surface area contributed by atoms with Crippen molar-refractivity contribution in [1.82, 2.24) is 0 Å². The largest absolute Gasteiger partial charge is 0.504 e. The van der Waals surface area contributed by atoms with E-state index in [9.17, 15) is 14.7 Å². The number of ether oxygens (including phenoxy) is 2. The summed E-state index contributed by atoms with van der Waals surface area (Å²) in [4.78, 5) is 25.1. The van der Waals surface area contributed by atoms with Crippen LogP contribution in [-0.4, -0.2) is 24.2 Å². The van der Waals surface area contributed by atoms with Crippen molar-refractivity contribution in [1.29, 1.82) is 5.26 Å². The van der Waals surface area contributed by atoms with Crippen LogP contribution in [0, 0.1) is 17.2 Å². The first-order valence-electron chi connectivity index (χ1n) is 11.0. The average Bonchev–Trinajstić information content (AvgIpc) is 2.87. The highest BCUT2D eigenvalue weighted by molar-refractivity contribution is 6.01. The van der Waals surface area contributed by atoms with Gasteiger partial charge in [-0.05, 0) is 60.2 Å². The van der Waals surface area contributed by atoms with E-state index in [1.165, 1.54) is 19.3 Å². The molecule has 5 N–H and O–H groups in total. The van der Waals surface area contributed by atoms with Crippen molar-refractivity contribution in [2.45, 2.75) is 13.0 Å². The smallest absolute Gasteiger partial charge is 0.412 e. The predicted molar refractivity (Wildman–Crippen MR) is 136 cm³/mol. The highest BCUT2D eigenvalue weighted by Crippen LogP contribution is 2.34. The van der Waals surface area contributed by atoms with E-state index in [-0.39, 0.29) is 11.5 Å². The van der Waals surface area contributed by atoms with Crippen LogP contribution in [-0.2, 0) is 9.53 Å². The molecule has 3 aromatic rings. The van der Waals surface area contributed by atoms with Gasteiger partial charge in [-0.25, -0.2) is 4.79 Å². The molecule has 0 unspecified atom stereocenters. The van der Waals surface area contributed by atoms with E-state index in [0.717, 1.165) is 0 Å². The number of methoxy groups -OCH3 is 1. The molecule has 0 radical (unpaired) electrons. The van der Waals surface area contributed by atoms with Gasteiger partial charge in [0.1, 0.15) is 6.10 Å². The zero-order valence-electron chi connectivity index (χ0n) is 19.8. The summed E-state index contributed by atoms with van der Waals surface area (Å²) >= 11 is 0. The molecule has 0 spiro atoms. The molecule has 9 nitrogen and oxygen atoms in total. The molecule has 0 aliphatic heterocycles. The van der Waals surface area contributed by atoms with Crippen molar-refractivity contribution in [3.8, 4) is 17.6 Å². The summed E-state index contributed by atoms with van der Waals surface area (Å²) in [7, 11) is 1.43. The summed E-state index contributed by atoms with van der Waals surface area (Å²) in [6.45, 7) is 1.77. The molecule has 36 heavy (non-hydrogen) atoms. The number of nitrogen functional groups attached to an aromatic ring is 1. The Morgan fingerprint density at radius 1 is 1.08 bits per heavy atom. The lowest BCUT2D eigenvalue weighted by Crippen LogP contribution is -2.21. The minimum absolute atomic E-state index is 0.121. The standard InChI is InChI=1S/C27H26N4O5/c1-17(7-14-25(33)31-22-6-4-3-5-21(22)29)26(19-10-13-24(35-2)23(32)15-19)36-27(34)30-20-11-8-18(16-28)9-12-20/h3-15,17,26,32H,29H2,1-2H3,(H,30,34)(H,31,33)/b14-7+/t17-,26-/m1/s1. The number of amides is 2. The highest BCUT2D eigenvalue weighted by atomic mass is 16.6. The number of benzene rings is 3. The highest BCUT2D eigenvalue weighted by Gasteiger charge is 2.24. The maximum atomic E-state index is 12.7. The average molecular weight is 487 g/mol. The summed E-state index contributed by atoms with van der Waals surface area (Å²) in [5.41, 5.74) is 8.17. The van der Waals surface area contributed by atoms with Crippen LogP contribution in [0.3, 0.4) is 0 Å². The number of hydrogen-bond acceptors (Lipinski definition) is 7. The maximum absolute atomic E-state index is 12.7. The molecule has 2 atom stereocenters. The summed E-state index contributed by atoms with van der Waals surface area (Å²) in [5, 5.41) is 24.5. The number of phenolic OH excluding ortho intramolecular Hbond substituents is 1. The van der Waals surface area contributed by atoms with E-state index in [1.54, 1.807) is 73.7 Å². The molecular formula is C27H26N4O5. The second kappa shape index (κ2) is 11.9. The lowest BCUT2D eigenvalue weighted by atomic mass is 9.96. The van der Waals surface area contributed by atoms with Crippen molar-refractivity contribution in [2.75, 3.05) is 23.5 Å². The van der Waals surface area contributed by atoms with Crippen molar-refractivity contribution in [3.05, 3.63) is 90.0 Å². The van der Waals surface area contributed by atoms with Gasteiger partial charge in [-0.2, -0.15) is 5.26 Å². The van der Waals surface area contributed by atoms with Gasteiger partial charge in [0, 0.05) is 11.6 Å². The second-order valence-electron chi connectivity index (χ2n) is 7.87. The molecule has 0 fully saturated rings. The number of nitriles is 1. The van der Waals surface area contributed by atoms with E-state index in [0.29, 0.717) is 28.2 Å². The molecule has 0 saturated carbocycles. The Labute approximate surface area is 208 Å². The third-order valence-corrected chi connectivity index (χ3v) is 5.27. The van der Waals surface area contributed by atoms with Crippen LogP contribution < -0.4 is 21.1 Å². The van der Waals surface area contributed by atoms with Gasteiger partial charge in [-0.15, -0.1) is 0 Å². The van der Waals surface area contributed by atoms with Crippen molar-refractivity contribution < 1.29 is 24.2 Å². The minimum Gasteiger partial charge on any atom is -0.504 e. The van der Waals surface area contributed by atoms with Gasteiger partial charge >= 0.3 is 6.09 Å². The molecule has 3 rings (SSSR count). The number of carbonyl (C=O) groups excluding carboxylic acids is 2. The zero-order valence-corrected chi connectivity index (χ0v) is 19.8. The Balaban J connectivity index is 1.78. The van der Waals surface area contributed by atoms with Gasteiger partial charge in [-0.1, -0.05) is 31.2 Å². The summed E-state index contributed by atoms with van der Waals surface area (Å²) in [6.07, 6.45) is 1.32. The van der Waals surface area contributed by atoms with Crippen LogP contribution in [0.25, 0.3) is 0 Å². The van der Waals surface area contributed by atoms with Gasteiger partial charge in [-0.3, -0.25) is 10.1 Å². The zero-order chi connectivity index (χ0) is 26.1. The van der Waals surface area contributed by atoms with Gasteiger partial charge in [0.05, 0.1) is 30.1 Å². The quantitative estimate of drug-likeness (QED) is 0.259. The number of carbonyl (C=O) groups is 2. The molecular weight excluding hydrogens is 460 g/mol. The van der Waals surface area contributed by atoms with Crippen molar-refractivity contribution in [2.24, 2.45) is 5.92 Å². The van der Waals surface area contributed by atoms with E-state index in [2.05, 4.69) is 10.6 Å². The Bertz CT molecular complexity index is 1300. The maximum Gasteiger partial charge on any atom is 0.412 e. The van der Waals surface area contributed by atoms with E-state index >= 15 is 0 Å². The fourth-order valence-electron chi connectivity index (χ4n) is 3.38. The van der Waals surface area contributed by atoms with E-state index in [1.807, 2.05) is 6.07 Å². The number of nitrogens with two attached hydrogens (primary N) is 1. The molecule has 2 amide bonds. The minimum atomic E-state index is -0.856. The van der Waals surface area contributed by atoms with Gasteiger partial charge in [0.2, 0.25) is 5.91 Å². The van der Waals surface area contributed by atoms with E-state index < -0.39 is 24.0 Å². The third kappa shape index (κ3) is 6.77. The number of para-hydroxylation sites is 2. The summed E-state index contributed by atoms with van der Waals surface area (Å²) < 4.78 is 10.8. The molecule has 9 heteroatoms. The van der Waals surface area contributed by atoms with Gasteiger partial charge < -0.3 is 25.6 Å². The molecule has 0 heterocycles. The molecule has 184 valence electrons. The second-order valence-corrected chi connectivity index (χ2v) is 7.87. The molecule has 0 aromatic heterocycles. The summed E-state index contributed by atoms with van der Waals surface area (Å²) in [6, 6.07) is 19.8. The van der Waals surface area contributed by atoms with Crippen molar-refractivity contribution >= 4 is 29.1 Å². The third-order valence-electron chi connectivity index (χ3n) is 5.27. The molecule has 0 aliphatic rings. The molecule has 0 bridgehead atoms. The lowest BCUT2D eigenvalue weighted by molar-refractivity contribution is -0.111. The van der Waals surface area contributed by atoms with Crippen molar-refractivity contribution in [3.63, 3.8) is 0 Å². The number of hydrogen-bond donors (Lipinski definition) is 4.